The molecule has 1 fully saturated rings. The van der Waals surface area contributed by atoms with E-state index >= 15 is 0 Å². The van der Waals surface area contributed by atoms with E-state index in [1.807, 2.05) is 32.2 Å². The highest BCUT2D eigenvalue weighted by Crippen LogP contribution is 2.21. The van der Waals surface area contributed by atoms with Gasteiger partial charge in [-0.3, -0.25) is 0 Å². The minimum Gasteiger partial charge on any atom is -0.381 e. The third-order valence-corrected chi connectivity index (χ3v) is 6.00. The molecule has 0 saturated carbocycles. The SMILES string of the molecule is Cc1cc([C@@H](C)NC(=O)N2CCc3cnc(NC4CCOCC4)nc3C2)ccc1C#N. The fourth-order valence-electron chi connectivity index (χ4n) is 4.01. The Hall–Kier alpha value is -3.18. The Morgan fingerprint density at radius 1 is 1.35 bits per heavy atom. The lowest BCUT2D eigenvalue weighted by Gasteiger charge is -2.30. The quantitative estimate of drug-likeness (QED) is 0.788. The highest BCUT2D eigenvalue weighted by molar-refractivity contribution is 5.75. The molecule has 2 aliphatic heterocycles. The van der Waals surface area contributed by atoms with Crippen LogP contribution in [0.15, 0.2) is 24.4 Å². The molecule has 2 aromatic rings. The van der Waals surface area contributed by atoms with Crippen molar-refractivity contribution >= 4 is 12.0 Å². The average molecular weight is 421 g/mol. The smallest absolute Gasteiger partial charge is 0.318 e. The number of hydrogen-bond donors (Lipinski definition) is 2. The van der Waals surface area contributed by atoms with Crippen LogP contribution in [0.1, 0.15) is 53.8 Å². The number of aryl methyl sites for hydroxylation is 1. The van der Waals surface area contributed by atoms with Crippen LogP contribution in [-0.4, -0.2) is 46.7 Å². The highest BCUT2D eigenvalue weighted by Gasteiger charge is 2.24. The molecule has 0 spiro atoms. The van der Waals surface area contributed by atoms with Gasteiger partial charge >= 0.3 is 6.03 Å². The number of ether oxygens (including phenoxy) is 1. The number of nitrogens with zero attached hydrogens (tertiary/aromatic N) is 4. The van der Waals surface area contributed by atoms with E-state index in [1.165, 1.54) is 0 Å². The Labute approximate surface area is 182 Å². The highest BCUT2D eigenvalue weighted by atomic mass is 16.5. The lowest BCUT2D eigenvalue weighted by molar-refractivity contribution is 0.0903. The molecule has 0 radical (unpaired) electrons. The molecule has 1 aromatic heterocycles. The number of nitrogens with one attached hydrogen (secondary N) is 2. The van der Waals surface area contributed by atoms with E-state index in [9.17, 15) is 4.79 Å². The van der Waals surface area contributed by atoms with E-state index in [1.54, 1.807) is 11.0 Å². The summed E-state index contributed by atoms with van der Waals surface area (Å²) in [4.78, 5) is 23.8. The largest absolute Gasteiger partial charge is 0.381 e. The predicted molar refractivity (Wildman–Crippen MR) is 116 cm³/mol. The molecular weight excluding hydrogens is 392 g/mol. The Bertz CT molecular complexity index is 996. The molecule has 2 amide bonds. The van der Waals surface area contributed by atoms with Crippen LogP contribution in [-0.2, 0) is 17.7 Å². The number of aromatic nitrogens is 2. The van der Waals surface area contributed by atoms with E-state index in [4.69, 9.17) is 15.0 Å². The number of benzene rings is 1. The summed E-state index contributed by atoms with van der Waals surface area (Å²) in [5, 5.41) is 15.6. The van der Waals surface area contributed by atoms with Crippen molar-refractivity contribution in [3.05, 3.63) is 52.3 Å². The van der Waals surface area contributed by atoms with Crippen molar-refractivity contribution in [3.8, 4) is 6.07 Å². The Kier molecular flexibility index (Phi) is 6.33. The molecule has 4 rings (SSSR count). The number of fused-ring (bicyclic) bond motifs is 1. The van der Waals surface area contributed by atoms with Crippen molar-refractivity contribution in [2.75, 3.05) is 25.1 Å². The lowest BCUT2D eigenvalue weighted by Crippen LogP contribution is -2.44. The van der Waals surface area contributed by atoms with Crippen molar-refractivity contribution in [1.82, 2.24) is 20.2 Å². The molecule has 2 aliphatic rings. The summed E-state index contributed by atoms with van der Waals surface area (Å²) in [6.45, 7) is 6.47. The molecular formula is C23H28N6O2. The zero-order valence-electron chi connectivity index (χ0n) is 18.0. The molecule has 8 nitrogen and oxygen atoms in total. The number of hydrogen-bond acceptors (Lipinski definition) is 6. The van der Waals surface area contributed by atoms with E-state index in [0.29, 0.717) is 30.6 Å². The molecule has 3 heterocycles. The van der Waals surface area contributed by atoms with Crippen LogP contribution in [0, 0.1) is 18.3 Å². The van der Waals surface area contributed by atoms with Crippen LogP contribution in [0.3, 0.4) is 0 Å². The summed E-state index contributed by atoms with van der Waals surface area (Å²) in [6, 6.07) is 7.88. The third-order valence-electron chi connectivity index (χ3n) is 6.00. The molecule has 1 aromatic carbocycles. The zero-order valence-corrected chi connectivity index (χ0v) is 18.0. The molecule has 1 saturated heterocycles. The lowest BCUT2D eigenvalue weighted by atomic mass is 10.0. The third kappa shape index (κ3) is 4.94. The van der Waals surface area contributed by atoms with Gasteiger partial charge in [-0.25, -0.2) is 14.8 Å². The average Bonchev–Trinajstić information content (AvgIpc) is 2.79. The summed E-state index contributed by atoms with van der Waals surface area (Å²) in [7, 11) is 0. The van der Waals surface area contributed by atoms with Crippen LogP contribution in [0.4, 0.5) is 10.7 Å². The van der Waals surface area contributed by atoms with Crippen molar-refractivity contribution in [3.63, 3.8) is 0 Å². The maximum atomic E-state index is 12.9. The van der Waals surface area contributed by atoms with Gasteiger partial charge in [-0.15, -0.1) is 0 Å². The molecule has 0 bridgehead atoms. The fourth-order valence-corrected chi connectivity index (χ4v) is 4.01. The van der Waals surface area contributed by atoms with Gasteiger partial charge in [0.1, 0.15) is 0 Å². The Morgan fingerprint density at radius 2 is 2.16 bits per heavy atom. The molecule has 31 heavy (non-hydrogen) atoms. The Balaban J connectivity index is 1.39. The fraction of sp³-hybridized carbons (Fsp3) is 0.478. The molecule has 2 N–H and O–H groups in total. The van der Waals surface area contributed by atoms with Gasteiger partial charge in [-0.2, -0.15) is 5.26 Å². The minimum atomic E-state index is -0.156. The van der Waals surface area contributed by atoms with Crippen LogP contribution in [0.2, 0.25) is 0 Å². The van der Waals surface area contributed by atoms with Crippen LogP contribution in [0.5, 0.6) is 0 Å². The summed E-state index contributed by atoms with van der Waals surface area (Å²) in [5.41, 5.74) is 4.53. The number of rotatable bonds is 4. The van der Waals surface area contributed by atoms with Gasteiger partial charge in [0.15, 0.2) is 0 Å². The normalized spacial score (nSPS) is 17.4. The molecule has 1 atom stereocenters. The summed E-state index contributed by atoms with van der Waals surface area (Å²) in [6.07, 6.45) is 4.51. The standard InChI is InChI=1S/C23H28N6O2/c1-15-11-17(3-4-18(15)12-24)16(2)26-23(30)29-8-5-19-13-25-22(28-21(19)14-29)27-20-6-9-31-10-7-20/h3-4,11,13,16,20H,5-10,14H2,1-2H3,(H,26,30)(H,25,27,28)/t16-/m1/s1. The number of nitriles is 1. The van der Waals surface area contributed by atoms with Gasteiger partial charge in [-0.1, -0.05) is 12.1 Å². The van der Waals surface area contributed by atoms with Crippen molar-refractivity contribution < 1.29 is 9.53 Å². The van der Waals surface area contributed by atoms with Crippen LogP contribution in [0.25, 0.3) is 0 Å². The zero-order chi connectivity index (χ0) is 21.8. The number of carbonyl (C=O) groups excluding carboxylic acids is 1. The number of carbonyl (C=O) groups is 1. The van der Waals surface area contributed by atoms with Crippen molar-refractivity contribution in [1.29, 1.82) is 5.26 Å². The molecule has 8 heteroatoms. The van der Waals surface area contributed by atoms with Gasteiger partial charge in [0.25, 0.3) is 0 Å². The second kappa shape index (κ2) is 9.31. The van der Waals surface area contributed by atoms with E-state index in [-0.39, 0.29) is 12.1 Å². The molecule has 0 aliphatic carbocycles. The minimum absolute atomic E-state index is 0.113. The van der Waals surface area contributed by atoms with Crippen molar-refractivity contribution in [2.24, 2.45) is 0 Å². The maximum Gasteiger partial charge on any atom is 0.318 e. The first kappa shape index (κ1) is 21.1. The van der Waals surface area contributed by atoms with Crippen molar-refractivity contribution in [2.45, 2.75) is 51.7 Å². The predicted octanol–water partition coefficient (Wildman–Crippen LogP) is 3.08. The van der Waals surface area contributed by atoms with E-state index < -0.39 is 0 Å². The van der Waals surface area contributed by atoms with Gasteiger partial charge in [0.2, 0.25) is 5.95 Å². The van der Waals surface area contributed by atoms with Crippen LogP contribution >= 0.6 is 0 Å². The van der Waals surface area contributed by atoms with Gasteiger partial charge in [0, 0.05) is 32.0 Å². The number of amides is 2. The van der Waals surface area contributed by atoms with Crippen LogP contribution < -0.4 is 10.6 Å². The molecule has 0 unspecified atom stereocenters. The van der Waals surface area contributed by atoms with Gasteiger partial charge in [0.05, 0.1) is 29.9 Å². The monoisotopic (exact) mass is 420 g/mol. The molecule has 162 valence electrons. The summed E-state index contributed by atoms with van der Waals surface area (Å²) >= 11 is 0. The first-order chi connectivity index (χ1) is 15.0. The summed E-state index contributed by atoms with van der Waals surface area (Å²) < 4.78 is 5.40. The number of anilines is 1. The second-order valence-electron chi connectivity index (χ2n) is 8.23. The van der Waals surface area contributed by atoms with E-state index in [0.717, 1.165) is 54.9 Å². The topological polar surface area (TPSA) is 103 Å². The Morgan fingerprint density at radius 3 is 2.90 bits per heavy atom. The van der Waals surface area contributed by atoms with E-state index in [2.05, 4.69) is 21.7 Å². The first-order valence-corrected chi connectivity index (χ1v) is 10.8. The first-order valence-electron chi connectivity index (χ1n) is 10.8. The van der Waals surface area contributed by atoms with Gasteiger partial charge in [-0.05, 0) is 55.9 Å². The maximum absolute atomic E-state index is 12.9. The second-order valence-corrected chi connectivity index (χ2v) is 8.23. The number of urea groups is 1. The summed E-state index contributed by atoms with van der Waals surface area (Å²) in [5.74, 6) is 0.620. The van der Waals surface area contributed by atoms with Gasteiger partial charge < -0.3 is 20.3 Å².